The number of aliphatic hydroxyl groups is 1. The minimum atomic E-state index is -2.01. The third-order valence-corrected chi connectivity index (χ3v) is 23.6. The number of fused-ring (bicyclic) bond motifs is 5. The Morgan fingerprint density at radius 1 is 0.841 bits per heavy atom. The lowest BCUT2D eigenvalue weighted by molar-refractivity contribution is -0.0441. The lowest BCUT2D eigenvalue weighted by Gasteiger charge is -2.59. The van der Waals surface area contributed by atoms with Gasteiger partial charge >= 0.3 is 0 Å². The number of hydrogen-bond donors (Lipinski definition) is 1. The SMILES string of the molecule is CC(C=CC(O)C1CC1)[C@H]1CC[C@H]2C3=CC=C4C[C@@H](O[Si](C)(C)C(C)(C)C)C[C@H](O[Si](C)(C)C(C)(C)C)[C@]4(C)[C@H]3CC[C@]12C. The van der Waals surface area contributed by atoms with Crippen molar-refractivity contribution in [1.82, 2.24) is 0 Å². The van der Waals surface area contributed by atoms with Gasteiger partial charge in [0.1, 0.15) is 0 Å². The van der Waals surface area contributed by atoms with Crippen LogP contribution in [0.4, 0.5) is 0 Å². The summed E-state index contributed by atoms with van der Waals surface area (Å²) < 4.78 is 14.7. The Morgan fingerprint density at radius 3 is 2.05 bits per heavy atom. The zero-order valence-electron chi connectivity index (χ0n) is 30.8. The number of rotatable bonds is 8. The second-order valence-electron chi connectivity index (χ2n) is 19.4. The zero-order valence-corrected chi connectivity index (χ0v) is 32.8. The maximum Gasteiger partial charge on any atom is 0.192 e. The third kappa shape index (κ3) is 6.13. The molecule has 0 aromatic rings. The smallest absolute Gasteiger partial charge is 0.192 e. The summed E-state index contributed by atoms with van der Waals surface area (Å²) in [5.41, 5.74) is 3.69. The van der Waals surface area contributed by atoms with E-state index >= 15 is 0 Å². The van der Waals surface area contributed by atoms with E-state index in [4.69, 9.17) is 8.85 Å². The van der Waals surface area contributed by atoms with Crippen molar-refractivity contribution in [2.45, 2.75) is 168 Å². The van der Waals surface area contributed by atoms with Crippen LogP contribution in [0.2, 0.25) is 36.3 Å². The van der Waals surface area contributed by atoms with Gasteiger partial charge in [-0.2, -0.15) is 0 Å². The number of hydrogen-bond acceptors (Lipinski definition) is 3. The molecule has 2 unspecified atom stereocenters. The fourth-order valence-corrected chi connectivity index (χ4v) is 12.1. The van der Waals surface area contributed by atoms with Crippen LogP contribution >= 0.6 is 0 Å². The van der Waals surface area contributed by atoms with E-state index in [0.717, 1.165) is 12.8 Å². The van der Waals surface area contributed by atoms with Gasteiger partial charge in [-0.05, 0) is 123 Å². The average molecular weight is 641 g/mol. The molecule has 5 rings (SSSR count). The van der Waals surface area contributed by atoms with Gasteiger partial charge in [0.2, 0.25) is 0 Å². The Bertz CT molecular complexity index is 1160. The van der Waals surface area contributed by atoms with Gasteiger partial charge in [0.05, 0.1) is 18.3 Å². The highest BCUT2D eigenvalue weighted by Crippen LogP contribution is 2.67. The van der Waals surface area contributed by atoms with E-state index in [1.807, 2.05) is 0 Å². The van der Waals surface area contributed by atoms with Gasteiger partial charge in [0, 0.05) is 5.41 Å². The van der Waals surface area contributed by atoms with Crippen molar-refractivity contribution in [3.05, 3.63) is 35.5 Å². The van der Waals surface area contributed by atoms with Crippen molar-refractivity contribution >= 4 is 16.6 Å². The van der Waals surface area contributed by atoms with Crippen molar-refractivity contribution < 1.29 is 14.0 Å². The molecule has 5 aliphatic rings. The monoisotopic (exact) mass is 640 g/mol. The predicted molar refractivity (Wildman–Crippen MR) is 192 cm³/mol. The van der Waals surface area contributed by atoms with Gasteiger partial charge in [-0.25, -0.2) is 0 Å². The molecule has 5 aliphatic carbocycles. The predicted octanol–water partition coefficient (Wildman–Crippen LogP) is 10.8. The molecule has 44 heavy (non-hydrogen) atoms. The first kappa shape index (κ1) is 34.9. The fraction of sp³-hybridized carbons (Fsp3) is 0.846. The summed E-state index contributed by atoms with van der Waals surface area (Å²) >= 11 is 0. The number of allylic oxidation sites excluding steroid dienone is 4. The maximum absolute atomic E-state index is 10.5. The molecule has 3 nitrogen and oxygen atoms in total. The van der Waals surface area contributed by atoms with Crippen LogP contribution in [-0.4, -0.2) is 40.1 Å². The molecular formula is C39H68O3Si2. The van der Waals surface area contributed by atoms with Gasteiger partial charge < -0.3 is 14.0 Å². The van der Waals surface area contributed by atoms with Crippen LogP contribution in [0.25, 0.3) is 0 Å². The van der Waals surface area contributed by atoms with Crippen molar-refractivity contribution in [2.75, 3.05) is 0 Å². The minimum absolute atomic E-state index is 0.0339. The van der Waals surface area contributed by atoms with Crippen LogP contribution < -0.4 is 0 Å². The lowest BCUT2D eigenvalue weighted by Crippen LogP contribution is -2.58. The minimum Gasteiger partial charge on any atom is -0.414 e. The van der Waals surface area contributed by atoms with E-state index in [-0.39, 0.29) is 33.8 Å². The zero-order chi connectivity index (χ0) is 32.7. The lowest BCUT2D eigenvalue weighted by atomic mass is 9.49. The fourth-order valence-electron chi connectivity index (χ4n) is 9.31. The molecule has 0 spiro atoms. The standard InChI is InChI=1S/C39H68O3Si2/c1-26(14-21-34(40)27-15-16-27)31-19-20-32-30-18-17-28-24-29(41-43(10,11)36(2,3)4)25-35(42-44(12,13)37(5,6)7)39(28,9)33(30)22-23-38(31,32)8/h14,17-18,21,26-27,29,31-35,40H,15-16,19-20,22-25H2,1-13H3/t26?,29-,31-,32+,33+,34?,35+,38-,39+/m1/s1. The molecule has 0 heterocycles. The normalized spacial score (nSPS) is 38.0. The van der Waals surface area contributed by atoms with Crippen molar-refractivity contribution in [2.24, 2.45) is 40.4 Å². The molecule has 1 N–H and O–H groups in total. The Hall–Kier alpha value is -0.466. The van der Waals surface area contributed by atoms with Gasteiger partial charge in [-0.1, -0.05) is 97.8 Å². The maximum atomic E-state index is 10.5. The molecule has 4 saturated carbocycles. The van der Waals surface area contributed by atoms with Crippen LogP contribution in [0.1, 0.15) is 114 Å². The van der Waals surface area contributed by atoms with E-state index in [1.54, 1.807) is 11.1 Å². The topological polar surface area (TPSA) is 38.7 Å². The Balaban J connectivity index is 1.45. The Kier molecular flexibility index (Phi) is 9.19. The molecule has 4 fully saturated rings. The van der Waals surface area contributed by atoms with Crippen molar-refractivity contribution in [3.63, 3.8) is 0 Å². The summed E-state index contributed by atoms with van der Waals surface area (Å²) in [5.74, 6) is 2.92. The summed E-state index contributed by atoms with van der Waals surface area (Å²) in [6, 6.07) is 0. The van der Waals surface area contributed by atoms with E-state index in [2.05, 4.69) is 113 Å². The summed E-state index contributed by atoms with van der Waals surface area (Å²) in [4.78, 5) is 0. The summed E-state index contributed by atoms with van der Waals surface area (Å²) in [5, 5.41) is 10.9. The highest BCUT2D eigenvalue weighted by atomic mass is 28.4. The second kappa shape index (κ2) is 11.6. The molecular weight excluding hydrogens is 573 g/mol. The van der Waals surface area contributed by atoms with Crippen LogP contribution in [0, 0.1) is 40.4 Å². The molecule has 0 aromatic heterocycles. The molecule has 0 bridgehead atoms. The number of aliphatic hydroxyl groups excluding tert-OH is 1. The van der Waals surface area contributed by atoms with Crippen LogP contribution in [-0.2, 0) is 8.85 Å². The summed E-state index contributed by atoms with van der Waals surface area (Å²) in [6.07, 6.45) is 19.4. The van der Waals surface area contributed by atoms with E-state index in [1.165, 1.54) is 38.5 Å². The Morgan fingerprint density at radius 2 is 1.45 bits per heavy atom. The summed E-state index contributed by atoms with van der Waals surface area (Å²) in [6.45, 7) is 31.6. The Labute approximate surface area is 274 Å². The van der Waals surface area contributed by atoms with E-state index in [0.29, 0.717) is 35.0 Å². The molecule has 0 saturated heterocycles. The molecule has 250 valence electrons. The molecule has 0 amide bonds. The van der Waals surface area contributed by atoms with Gasteiger partial charge in [-0.3, -0.25) is 0 Å². The van der Waals surface area contributed by atoms with Crippen molar-refractivity contribution in [3.8, 4) is 0 Å². The van der Waals surface area contributed by atoms with Crippen molar-refractivity contribution in [1.29, 1.82) is 0 Å². The highest BCUT2D eigenvalue weighted by molar-refractivity contribution is 6.74. The third-order valence-electron chi connectivity index (χ3n) is 14.5. The molecule has 9 atom stereocenters. The van der Waals surface area contributed by atoms with E-state index < -0.39 is 16.6 Å². The van der Waals surface area contributed by atoms with Gasteiger partial charge in [0.25, 0.3) is 0 Å². The average Bonchev–Trinajstić information content (AvgIpc) is 3.67. The first-order valence-corrected chi connectivity index (χ1v) is 24.1. The van der Waals surface area contributed by atoms with E-state index in [9.17, 15) is 5.11 Å². The molecule has 0 radical (unpaired) electrons. The molecule has 5 heteroatoms. The quantitative estimate of drug-likeness (QED) is 0.212. The van der Waals surface area contributed by atoms with Crippen LogP contribution in [0.5, 0.6) is 0 Å². The molecule has 0 aromatic carbocycles. The second-order valence-corrected chi connectivity index (χ2v) is 28.9. The molecule has 0 aliphatic heterocycles. The summed E-state index contributed by atoms with van der Waals surface area (Å²) in [7, 11) is -3.91. The largest absolute Gasteiger partial charge is 0.414 e. The first-order valence-electron chi connectivity index (χ1n) is 18.2. The van der Waals surface area contributed by atoms with Gasteiger partial charge in [0.15, 0.2) is 16.6 Å². The van der Waals surface area contributed by atoms with Gasteiger partial charge in [-0.15, -0.1) is 0 Å². The first-order chi connectivity index (χ1) is 20.1. The van der Waals surface area contributed by atoms with Crippen LogP contribution in [0.15, 0.2) is 35.5 Å². The van der Waals surface area contributed by atoms with Crippen LogP contribution in [0.3, 0.4) is 0 Å². The highest BCUT2D eigenvalue weighted by Gasteiger charge is 2.60.